The summed E-state index contributed by atoms with van der Waals surface area (Å²) in [5, 5.41) is 0. The Morgan fingerprint density at radius 2 is 1.50 bits per heavy atom. The standard InChI is InChI=1S/C25H25F/c1-18-4-7-21(8-5-18)10-11-23-13-15-24(25(26)17-23)14-12-22-9-6-19(2)20(3)16-22/h6,9,13,15-18,21H,4-5,7-8H2,1-3H3. The van der Waals surface area contributed by atoms with Crippen LogP contribution in [0.15, 0.2) is 36.4 Å². The molecule has 2 aromatic carbocycles. The summed E-state index contributed by atoms with van der Waals surface area (Å²) in [6.45, 7) is 6.43. The Bertz CT molecular complexity index is 907. The topological polar surface area (TPSA) is 0 Å². The molecule has 0 amide bonds. The molecule has 1 aliphatic rings. The Balaban J connectivity index is 1.72. The molecule has 0 atom stereocenters. The van der Waals surface area contributed by atoms with Crippen molar-refractivity contribution in [3.05, 3.63) is 70.0 Å². The van der Waals surface area contributed by atoms with E-state index in [1.165, 1.54) is 30.0 Å². The van der Waals surface area contributed by atoms with Crippen molar-refractivity contribution in [1.29, 1.82) is 0 Å². The van der Waals surface area contributed by atoms with E-state index < -0.39 is 0 Å². The lowest BCUT2D eigenvalue weighted by molar-refractivity contribution is 0.337. The molecule has 3 rings (SSSR count). The maximum Gasteiger partial charge on any atom is 0.140 e. The Hall–Kier alpha value is -2.51. The van der Waals surface area contributed by atoms with Gasteiger partial charge in [0, 0.05) is 17.0 Å². The summed E-state index contributed by atoms with van der Waals surface area (Å²) in [5.74, 6) is 13.4. The first kappa shape index (κ1) is 18.3. The summed E-state index contributed by atoms with van der Waals surface area (Å²) in [6, 6.07) is 11.1. The van der Waals surface area contributed by atoms with Gasteiger partial charge in [-0.25, -0.2) is 4.39 Å². The van der Waals surface area contributed by atoms with Crippen molar-refractivity contribution in [3.8, 4) is 23.7 Å². The van der Waals surface area contributed by atoms with E-state index >= 15 is 0 Å². The van der Waals surface area contributed by atoms with Gasteiger partial charge in [-0.05, 0) is 86.9 Å². The van der Waals surface area contributed by atoms with Crippen LogP contribution in [0.3, 0.4) is 0 Å². The normalized spacial score (nSPS) is 19.1. The predicted molar refractivity (Wildman–Crippen MR) is 106 cm³/mol. The van der Waals surface area contributed by atoms with Crippen LogP contribution < -0.4 is 0 Å². The second-order valence-corrected chi connectivity index (χ2v) is 7.47. The first-order valence-corrected chi connectivity index (χ1v) is 9.41. The van der Waals surface area contributed by atoms with Crippen molar-refractivity contribution in [2.75, 3.05) is 0 Å². The van der Waals surface area contributed by atoms with E-state index in [2.05, 4.69) is 44.5 Å². The van der Waals surface area contributed by atoms with E-state index in [4.69, 9.17) is 0 Å². The molecule has 0 N–H and O–H groups in total. The van der Waals surface area contributed by atoms with Gasteiger partial charge in [0.05, 0.1) is 5.56 Å². The molecule has 26 heavy (non-hydrogen) atoms. The van der Waals surface area contributed by atoms with Gasteiger partial charge in [-0.2, -0.15) is 0 Å². The molecule has 0 unspecified atom stereocenters. The molecule has 0 nitrogen and oxygen atoms in total. The zero-order chi connectivity index (χ0) is 18.5. The monoisotopic (exact) mass is 344 g/mol. The average Bonchev–Trinajstić information content (AvgIpc) is 2.63. The first-order chi connectivity index (χ1) is 12.5. The lowest BCUT2D eigenvalue weighted by atomic mass is 9.83. The number of rotatable bonds is 0. The van der Waals surface area contributed by atoms with Crippen LogP contribution in [0, 0.1) is 55.2 Å². The lowest BCUT2D eigenvalue weighted by Gasteiger charge is -2.21. The molecule has 0 radical (unpaired) electrons. The molecule has 0 aromatic heterocycles. The molecular weight excluding hydrogens is 319 g/mol. The summed E-state index contributed by atoms with van der Waals surface area (Å²) in [7, 11) is 0. The molecule has 1 heteroatoms. The molecule has 0 heterocycles. The smallest absolute Gasteiger partial charge is 0.140 e. The van der Waals surface area contributed by atoms with Crippen molar-refractivity contribution >= 4 is 0 Å². The van der Waals surface area contributed by atoms with Crippen molar-refractivity contribution < 1.29 is 4.39 Å². The second kappa shape index (κ2) is 8.25. The zero-order valence-corrected chi connectivity index (χ0v) is 15.8. The minimum absolute atomic E-state index is 0.301. The minimum Gasteiger partial charge on any atom is -0.206 e. The van der Waals surface area contributed by atoms with E-state index in [1.807, 2.05) is 24.3 Å². The highest BCUT2D eigenvalue weighted by Crippen LogP contribution is 2.27. The minimum atomic E-state index is -0.301. The highest BCUT2D eigenvalue weighted by Gasteiger charge is 2.15. The Kier molecular flexibility index (Phi) is 5.80. The van der Waals surface area contributed by atoms with Gasteiger partial charge in [0.25, 0.3) is 0 Å². The fraction of sp³-hybridized carbons (Fsp3) is 0.360. The van der Waals surface area contributed by atoms with Crippen molar-refractivity contribution in [2.24, 2.45) is 11.8 Å². The molecule has 132 valence electrons. The van der Waals surface area contributed by atoms with E-state index in [0.717, 1.165) is 29.9 Å². The summed E-state index contributed by atoms with van der Waals surface area (Å²) < 4.78 is 14.3. The molecule has 1 saturated carbocycles. The molecule has 2 aromatic rings. The van der Waals surface area contributed by atoms with E-state index in [9.17, 15) is 4.39 Å². The SMILES string of the molecule is Cc1ccc(C#Cc2ccc(C#CC3CCC(C)CC3)cc2F)cc1C. The number of hydrogen-bond donors (Lipinski definition) is 0. The third kappa shape index (κ3) is 4.77. The lowest BCUT2D eigenvalue weighted by Crippen LogP contribution is -2.10. The highest BCUT2D eigenvalue weighted by molar-refractivity contribution is 5.48. The van der Waals surface area contributed by atoms with Crippen LogP contribution in [-0.4, -0.2) is 0 Å². The average molecular weight is 344 g/mol. The van der Waals surface area contributed by atoms with E-state index in [-0.39, 0.29) is 5.82 Å². The fourth-order valence-electron chi connectivity index (χ4n) is 3.24. The molecule has 1 aliphatic carbocycles. The number of hydrogen-bond acceptors (Lipinski definition) is 0. The third-order valence-corrected chi connectivity index (χ3v) is 5.25. The highest BCUT2D eigenvalue weighted by atomic mass is 19.1. The number of aryl methyl sites for hydroxylation is 2. The summed E-state index contributed by atoms with van der Waals surface area (Å²) in [4.78, 5) is 0. The Labute approximate surface area is 156 Å². The van der Waals surface area contributed by atoms with Crippen LogP contribution in [0.1, 0.15) is 60.4 Å². The van der Waals surface area contributed by atoms with Crippen molar-refractivity contribution in [3.63, 3.8) is 0 Å². The van der Waals surface area contributed by atoms with Gasteiger partial charge in [-0.15, -0.1) is 0 Å². The maximum atomic E-state index is 14.3. The van der Waals surface area contributed by atoms with Gasteiger partial charge < -0.3 is 0 Å². The quantitative estimate of drug-likeness (QED) is 0.513. The zero-order valence-electron chi connectivity index (χ0n) is 15.8. The first-order valence-electron chi connectivity index (χ1n) is 9.41. The molecular formula is C25H25F. The van der Waals surface area contributed by atoms with Crippen LogP contribution in [0.4, 0.5) is 4.39 Å². The van der Waals surface area contributed by atoms with Crippen molar-refractivity contribution in [1.82, 2.24) is 0 Å². The number of halogens is 1. The second-order valence-electron chi connectivity index (χ2n) is 7.47. The van der Waals surface area contributed by atoms with Crippen LogP contribution in [0.2, 0.25) is 0 Å². The van der Waals surface area contributed by atoms with Gasteiger partial charge in [0.2, 0.25) is 0 Å². The van der Waals surface area contributed by atoms with Gasteiger partial charge in [0.1, 0.15) is 5.82 Å². The Morgan fingerprint density at radius 1 is 0.808 bits per heavy atom. The van der Waals surface area contributed by atoms with E-state index in [0.29, 0.717) is 11.5 Å². The van der Waals surface area contributed by atoms with Crippen LogP contribution in [-0.2, 0) is 0 Å². The van der Waals surface area contributed by atoms with Crippen LogP contribution in [0.25, 0.3) is 0 Å². The van der Waals surface area contributed by atoms with E-state index in [1.54, 1.807) is 6.07 Å². The number of benzene rings is 2. The van der Waals surface area contributed by atoms with Gasteiger partial charge in [-0.3, -0.25) is 0 Å². The summed E-state index contributed by atoms with van der Waals surface area (Å²) in [5.41, 5.74) is 4.48. The molecule has 1 fully saturated rings. The molecule has 0 aliphatic heterocycles. The maximum absolute atomic E-state index is 14.3. The van der Waals surface area contributed by atoms with Gasteiger partial charge >= 0.3 is 0 Å². The summed E-state index contributed by atoms with van der Waals surface area (Å²) in [6.07, 6.45) is 4.83. The largest absolute Gasteiger partial charge is 0.206 e. The molecule has 0 spiro atoms. The summed E-state index contributed by atoms with van der Waals surface area (Å²) >= 11 is 0. The predicted octanol–water partition coefficient (Wildman–Crippen LogP) is 6.02. The van der Waals surface area contributed by atoms with Crippen molar-refractivity contribution in [2.45, 2.75) is 46.5 Å². The van der Waals surface area contributed by atoms with Gasteiger partial charge in [-0.1, -0.05) is 36.7 Å². The molecule has 0 bridgehead atoms. The third-order valence-electron chi connectivity index (χ3n) is 5.25. The van der Waals surface area contributed by atoms with Crippen LogP contribution >= 0.6 is 0 Å². The van der Waals surface area contributed by atoms with Crippen LogP contribution in [0.5, 0.6) is 0 Å². The molecule has 0 saturated heterocycles. The fourth-order valence-corrected chi connectivity index (χ4v) is 3.24. The Morgan fingerprint density at radius 3 is 2.19 bits per heavy atom. The van der Waals surface area contributed by atoms with Gasteiger partial charge in [0.15, 0.2) is 0 Å².